The molecule has 0 spiro atoms. The smallest absolute Gasteiger partial charge is 0.288 e. The zero-order chi connectivity index (χ0) is 14.9. The highest BCUT2D eigenvalue weighted by atomic mass is 32.1. The van der Waals surface area contributed by atoms with Crippen LogP contribution in [0.2, 0.25) is 0 Å². The Labute approximate surface area is 117 Å². The van der Waals surface area contributed by atoms with Crippen molar-refractivity contribution >= 4 is 17.3 Å². The van der Waals surface area contributed by atoms with Crippen LogP contribution in [0.5, 0.6) is 0 Å². The van der Waals surface area contributed by atoms with Gasteiger partial charge >= 0.3 is 6.18 Å². The summed E-state index contributed by atoms with van der Waals surface area (Å²) in [6.45, 7) is 3.62. The van der Waals surface area contributed by atoms with Crippen molar-refractivity contribution in [2.45, 2.75) is 25.9 Å². The Morgan fingerprint density at radius 3 is 2.50 bits per heavy atom. The van der Waals surface area contributed by atoms with Crippen molar-refractivity contribution in [3.05, 3.63) is 46.0 Å². The zero-order valence-electron chi connectivity index (χ0n) is 10.7. The minimum Gasteiger partial charge on any atom is -0.288 e. The van der Waals surface area contributed by atoms with Crippen molar-refractivity contribution in [1.29, 1.82) is 0 Å². The lowest BCUT2D eigenvalue weighted by molar-refractivity contribution is -0.137. The predicted octanol–water partition coefficient (Wildman–Crippen LogP) is 3.91. The average Bonchev–Trinajstić information content (AvgIpc) is 2.86. The highest BCUT2D eigenvalue weighted by Crippen LogP contribution is 2.34. The van der Waals surface area contributed by atoms with Crippen LogP contribution in [0.25, 0.3) is 0 Å². The van der Waals surface area contributed by atoms with Gasteiger partial charge in [0.25, 0.3) is 0 Å². The van der Waals surface area contributed by atoms with E-state index >= 15 is 0 Å². The van der Waals surface area contributed by atoms with Gasteiger partial charge in [0.05, 0.1) is 11.3 Å². The molecule has 0 bridgehead atoms. The Kier molecular flexibility index (Phi) is 3.89. The van der Waals surface area contributed by atoms with Crippen LogP contribution in [0.4, 0.5) is 13.2 Å². The summed E-state index contributed by atoms with van der Waals surface area (Å²) in [7, 11) is 0. The fraction of sp³-hybridized carbons (Fsp3) is 0.308. The van der Waals surface area contributed by atoms with Crippen LogP contribution in [-0.2, 0) is 6.18 Å². The number of rotatable bonds is 3. The van der Waals surface area contributed by atoms with E-state index in [9.17, 15) is 18.0 Å². The first kappa shape index (κ1) is 14.6. The summed E-state index contributed by atoms with van der Waals surface area (Å²) in [5.41, 5.74) is -0.877. The van der Waals surface area contributed by atoms with Gasteiger partial charge in [-0.15, -0.1) is 5.10 Å². The first-order valence-electron chi connectivity index (χ1n) is 5.85. The monoisotopic (exact) mass is 300 g/mol. The van der Waals surface area contributed by atoms with E-state index in [1.54, 1.807) is 0 Å². The van der Waals surface area contributed by atoms with Crippen LogP contribution in [0, 0.1) is 0 Å². The molecule has 1 heterocycles. The molecule has 2 aromatic rings. The molecule has 7 heteroatoms. The molecule has 1 aromatic carbocycles. The highest BCUT2D eigenvalue weighted by Gasteiger charge is 2.36. The van der Waals surface area contributed by atoms with E-state index in [0.29, 0.717) is 5.69 Å². The van der Waals surface area contributed by atoms with Crippen molar-refractivity contribution in [2.24, 2.45) is 0 Å². The average molecular weight is 300 g/mol. The van der Waals surface area contributed by atoms with Gasteiger partial charge in [0.15, 0.2) is 0 Å². The summed E-state index contributed by atoms with van der Waals surface area (Å²) < 4.78 is 42.5. The normalized spacial score (nSPS) is 11.9. The van der Waals surface area contributed by atoms with Gasteiger partial charge in [-0.05, 0) is 23.5 Å². The largest absolute Gasteiger partial charge is 0.417 e. The van der Waals surface area contributed by atoms with Crippen molar-refractivity contribution in [3.8, 4) is 0 Å². The second-order valence-electron chi connectivity index (χ2n) is 4.51. The molecule has 0 saturated carbocycles. The van der Waals surface area contributed by atoms with Crippen LogP contribution in [-0.4, -0.2) is 15.4 Å². The van der Waals surface area contributed by atoms with E-state index in [1.165, 1.54) is 18.2 Å². The third kappa shape index (κ3) is 2.72. The summed E-state index contributed by atoms with van der Waals surface area (Å²) in [6, 6.07) is 4.74. The summed E-state index contributed by atoms with van der Waals surface area (Å²) in [4.78, 5) is 12.5. The van der Waals surface area contributed by atoms with Crippen LogP contribution >= 0.6 is 11.5 Å². The SMILES string of the molecule is CC(C)c1nnsc1C(=O)c1ccccc1C(F)(F)F. The lowest BCUT2D eigenvalue weighted by atomic mass is 9.99. The number of alkyl halides is 3. The molecule has 0 aliphatic rings. The molecule has 0 fully saturated rings. The molecule has 0 amide bonds. The molecule has 0 unspecified atom stereocenters. The summed E-state index contributed by atoms with van der Waals surface area (Å²) in [5.74, 6) is -0.762. The third-order valence-electron chi connectivity index (χ3n) is 2.74. The van der Waals surface area contributed by atoms with E-state index in [4.69, 9.17) is 0 Å². The number of benzene rings is 1. The van der Waals surface area contributed by atoms with Crippen molar-refractivity contribution < 1.29 is 18.0 Å². The maximum Gasteiger partial charge on any atom is 0.417 e. The second kappa shape index (κ2) is 5.32. The molecular formula is C13H11F3N2OS. The molecular weight excluding hydrogens is 289 g/mol. The molecule has 1 aromatic heterocycles. The van der Waals surface area contributed by atoms with E-state index in [0.717, 1.165) is 17.6 Å². The van der Waals surface area contributed by atoms with Gasteiger partial charge in [-0.3, -0.25) is 4.79 Å². The van der Waals surface area contributed by atoms with E-state index in [1.807, 2.05) is 13.8 Å². The van der Waals surface area contributed by atoms with E-state index < -0.39 is 17.5 Å². The van der Waals surface area contributed by atoms with Crippen LogP contribution in [0.3, 0.4) is 0 Å². The first-order chi connectivity index (χ1) is 9.32. The van der Waals surface area contributed by atoms with Crippen LogP contribution in [0.15, 0.2) is 24.3 Å². The molecule has 2 rings (SSSR count). The Bertz CT molecular complexity index is 635. The van der Waals surface area contributed by atoms with Gasteiger partial charge in [0, 0.05) is 5.56 Å². The third-order valence-corrected chi connectivity index (χ3v) is 3.48. The standard InChI is InChI=1S/C13H11F3N2OS/c1-7(2)10-12(20-18-17-10)11(19)8-5-3-4-6-9(8)13(14,15)16/h3-7H,1-2H3. The lowest BCUT2D eigenvalue weighted by Crippen LogP contribution is -2.14. The van der Waals surface area contributed by atoms with E-state index in [-0.39, 0.29) is 16.4 Å². The maximum atomic E-state index is 12.9. The predicted molar refractivity (Wildman–Crippen MR) is 68.9 cm³/mol. The van der Waals surface area contributed by atoms with Gasteiger partial charge in [0.2, 0.25) is 5.78 Å². The number of carbonyl (C=O) groups is 1. The highest BCUT2D eigenvalue weighted by molar-refractivity contribution is 7.08. The number of halogens is 3. The van der Waals surface area contributed by atoms with Crippen molar-refractivity contribution in [2.75, 3.05) is 0 Å². The van der Waals surface area contributed by atoms with Gasteiger partial charge in [-0.1, -0.05) is 36.5 Å². The number of ketones is 1. The molecule has 0 saturated heterocycles. The van der Waals surface area contributed by atoms with Crippen molar-refractivity contribution in [3.63, 3.8) is 0 Å². The molecule has 0 radical (unpaired) electrons. The molecule has 20 heavy (non-hydrogen) atoms. The summed E-state index contributed by atoms with van der Waals surface area (Å²) in [5, 5.41) is 3.82. The zero-order valence-corrected chi connectivity index (χ0v) is 11.5. The maximum absolute atomic E-state index is 12.9. The number of nitrogens with zero attached hydrogens (tertiary/aromatic N) is 2. The van der Waals surface area contributed by atoms with Crippen molar-refractivity contribution in [1.82, 2.24) is 9.59 Å². The summed E-state index contributed by atoms with van der Waals surface area (Å²) >= 11 is 0.822. The molecule has 0 atom stereocenters. The van der Waals surface area contributed by atoms with Gasteiger partial charge in [0.1, 0.15) is 4.88 Å². The topological polar surface area (TPSA) is 42.9 Å². The lowest BCUT2D eigenvalue weighted by Gasteiger charge is -2.11. The number of hydrogen-bond acceptors (Lipinski definition) is 4. The quantitative estimate of drug-likeness (QED) is 0.807. The van der Waals surface area contributed by atoms with Crippen LogP contribution < -0.4 is 0 Å². The molecule has 3 nitrogen and oxygen atoms in total. The van der Waals surface area contributed by atoms with Crippen LogP contribution in [0.1, 0.15) is 46.3 Å². The van der Waals surface area contributed by atoms with Gasteiger partial charge < -0.3 is 0 Å². The Morgan fingerprint density at radius 1 is 1.25 bits per heavy atom. The fourth-order valence-corrected chi connectivity index (χ4v) is 2.56. The minimum absolute atomic E-state index is 0.0780. The first-order valence-corrected chi connectivity index (χ1v) is 6.63. The summed E-state index contributed by atoms with van der Waals surface area (Å²) in [6.07, 6.45) is -4.57. The van der Waals surface area contributed by atoms with Gasteiger partial charge in [-0.25, -0.2) is 0 Å². The molecule has 106 valence electrons. The second-order valence-corrected chi connectivity index (χ2v) is 5.27. The minimum atomic E-state index is -4.57. The fourth-order valence-electron chi connectivity index (χ4n) is 1.78. The molecule has 0 aliphatic heterocycles. The Hall–Kier alpha value is -1.76. The van der Waals surface area contributed by atoms with E-state index in [2.05, 4.69) is 9.59 Å². The number of hydrogen-bond donors (Lipinski definition) is 0. The Morgan fingerprint density at radius 2 is 1.90 bits per heavy atom. The number of aromatic nitrogens is 2. The molecule has 0 aliphatic carbocycles. The number of carbonyl (C=O) groups excluding carboxylic acids is 1. The Balaban J connectivity index is 2.52. The van der Waals surface area contributed by atoms with Gasteiger partial charge in [-0.2, -0.15) is 13.2 Å². The molecule has 0 N–H and O–H groups in total.